The van der Waals surface area contributed by atoms with Gasteiger partial charge in [0.15, 0.2) is 5.78 Å². The van der Waals surface area contributed by atoms with Gasteiger partial charge in [-0.25, -0.2) is 0 Å². The number of Topliss-reactive ketones (excluding diaryl/α,β-unsaturated/α-hetero) is 1. The molecule has 1 aliphatic heterocycles. The smallest absolute Gasteiger partial charge is 0.220 e. The summed E-state index contributed by atoms with van der Waals surface area (Å²) in [7, 11) is 3.96. The Bertz CT molecular complexity index is 624. The zero-order valence-electron chi connectivity index (χ0n) is 16.9. The van der Waals surface area contributed by atoms with Gasteiger partial charge >= 0.3 is 0 Å². The maximum atomic E-state index is 11.9. The van der Waals surface area contributed by atoms with Crippen molar-refractivity contribution in [3.8, 4) is 0 Å². The van der Waals surface area contributed by atoms with E-state index in [0.29, 0.717) is 44.9 Å². The van der Waals surface area contributed by atoms with Gasteiger partial charge in [-0.05, 0) is 37.0 Å². The minimum atomic E-state index is 0.00754. The molecule has 0 aromatic heterocycles. The number of hydrogen-bond acceptors (Lipinski definition) is 7. The summed E-state index contributed by atoms with van der Waals surface area (Å²) >= 11 is 0. The van der Waals surface area contributed by atoms with E-state index in [1.54, 1.807) is 12.1 Å². The Labute approximate surface area is 181 Å². The van der Waals surface area contributed by atoms with Crippen molar-refractivity contribution in [3.05, 3.63) is 29.8 Å². The van der Waals surface area contributed by atoms with Crippen molar-refractivity contribution in [2.24, 2.45) is 0 Å². The van der Waals surface area contributed by atoms with Crippen LogP contribution in [-0.4, -0.2) is 55.7 Å². The maximum Gasteiger partial charge on any atom is 0.220 e. The maximum absolute atomic E-state index is 11.9. The summed E-state index contributed by atoms with van der Waals surface area (Å²) < 4.78 is 10.8. The van der Waals surface area contributed by atoms with E-state index < -0.39 is 0 Å². The van der Waals surface area contributed by atoms with E-state index in [2.05, 4.69) is 5.32 Å². The first-order chi connectivity index (χ1) is 14.1. The van der Waals surface area contributed by atoms with Crippen LogP contribution in [0.1, 0.15) is 37.7 Å². The van der Waals surface area contributed by atoms with Gasteiger partial charge in [0.05, 0.1) is 19.8 Å². The molecule has 3 N–H and O–H groups in total. The molecule has 2 rings (SSSR count). The molecule has 1 unspecified atom stereocenters. The average molecular weight is 441 g/mol. The van der Waals surface area contributed by atoms with Crippen molar-refractivity contribution in [1.29, 1.82) is 0 Å². The SMILES string of the molecule is Nc1cccc(CC(=O)COCCOCCNC(=O)CCCCC2CCSS2)c1. The molecule has 1 amide bonds. The molecule has 0 spiro atoms. The number of ether oxygens (including phenoxy) is 2. The molecule has 1 fully saturated rings. The number of unbranched alkanes of at least 4 members (excludes halogenated alkanes) is 1. The molecule has 0 aliphatic carbocycles. The Morgan fingerprint density at radius 1 is 1.17 bits per heavy atom. The van der Waals surface area contributed by atoms with Crippen LogP contribution in [0, 0.1) is 0 Å². The standard InChI is InChI=1S/C21H32N2O4S2/c22-18-5-3-4-17(14-18)15-19(24)16-27-12-11-26-10-9-23-21(25)7-2-1-6-20-8-13-28-29-20/h3-5,14,20H,1-2,6-13,15-16,22H2,(H,23,25). The van der Waals surface area contributed by atoms with Gasteiger partial charge in [0.2, 0.25) is 5.91 Å². The van der Waals surface area contributed by atoms with E-state index in [9.17, 15) is 9.59 Å². The van der Waals surface area contributed by atoms with E-state index in [-0.39, 0.29) is 18.3 Å². The predicted octanol–water partition coefficient (Wildman–Crippen LogP) is 3.24. The lowest BCUT2D eigenvalue weighted by Gasteiger charge is -2.08. The monoisotopic (exact) mass is 440 g/mol. The molecule has 29 heavy (non-hydrogen) atoms. The molecular weight excluding hydrogens is 408 g/mol. The fourth-order valence-electron chi connectivity index (χ4n) is 2.96. The molecule has 1 aliphatic rings. The zero-order chi connectivity index (χ0) is 20.7. The minimum absolute atomic E-state index is 0.00754. The van der Waals surface area contributed by atoms with Gasteiger partial charge in [0.1, 0.15) is 6.61 Å². The molecule has 162 valence electrons. The quantitative estimate of drug-likeness (QED) is 0.246. The van der Waals surface area contributed by atoms with Gasteiger partial charge in [-0.2, -0.15) is 0 Å². The number of rotatable bonds is 15. The summed E-state index contributed by atoms with van der Waals surface area (Å²) in [5.74, 6) is 1.36. The average Bonchev–Trinajstić information content (AvgIpc) is 3.21. The van der Waals surface area contributed by atoms with Crippen LogP contribution >= 0.6 is 21.6 Å². The number of nitrogens with two attached hydrogens (primary N) is 1. The molecule has 1 saturated heterocycles. The van der Waals surface area contributed by atoms with Crippen LogP contribution in [0.3, 0.4) is 0 Å². The Morgan fingerprint density at radius 3 is 2.83 bits per heavy atom. The highest BCUT2D eigenvalue weighted by atomic mass is 33.1. The van der Waals surface area contributed by atoms with E-state index >= 15 is 0 Å². The van der Waals surface area contributed by atoms with Crippen molar-refractivity contribution in [1.82, 2.24) is 5.32 Å². The van der Waals surface area contributed by atoms with Crippen LogP contribution in [0.5, 0.6) is 0 Å². The Morgan fingerprint density at radius 2 is 2.03 bits per heavy atom. The fraction of sp³-hybridized carbons (Fsp3) is 0.619. The third-order valence-corrected chi connectivity index (χ3v) is 7.47. The number of carbonyl (C=O) groups is 2. The second-order valence-electron chi connectivity index (χ2n) is 7.05. The van der Waals surface area contributed by atoms with Crippen LogP contribution < -0.4 is 11.1 Å². The lowest BCUT2D eigenvalue weighted by Crippen LogP contribution is -2.27. The normalized spacial score (nSPS) is 16.1. The van der Waals surface area contributed by atoms with Gasteiger partial charge < -0.3 is 20.5 Å². The molecule has 1 aromatic carbocycles. The largest absolute Gasteiger partial charge is 0.399 e. The molecule has 0 bridgehead atoms. The van der Waals surface area contributed by atoms with Crippen molar-refractivity contribution >= 4 is 39.0 Å². The van der Waals surface area contributed by atoms with E-state index in [0.717, 1.165) is 23.7 Å². The molecule has 1 heterocycles. The molecule has 0 radical (unpaired) electrons. The highest BCUT2D eigenvalue weighted by Crippen LogP contribution is 2.39. The summed E-state index contributed by atoms with van der Waals surface area (Å²) in [5, 5.41) is 3.66. The van der Waals surface area contributed by atoms with Crippen molar-refractivity contribution in [3.63, 3.8) is 0 Å². The van der Waals surface area contributed by atoms with E-state index in [1.807, 2.05) is 33.7 Å². The number of hydrogen-bond donors (Lipinski definition) is 2. The number of carbonyl (C=O) groups excluding carboxylic acids is 2. The molecule has 1 atom stereocenters. The third kappa shape index (κ3) is 11.5. The van der Waals surface area contributed by atoms with Crippen LogP contribution in [0.25, 0.3) is 0 Å². The summed E-state index contributed by atoms with van der Waals surface area (Å²) in [6, 6.07) is 7.29. The second kappa shape index (κ2) is 14.7. The summed E-state index contributed by atoms with van der Waals surface area (Å²) in [6.45, 7) is 1.77. The first-order valence-corrected chi connectivity index (χ1v) is 12.6. The highest BCUT2D eigenvalue weighted by Gasteiger charge is 2.15. The van der Waals surface area contributed by atoms with Crippen LogP contribution in [0.4, 0.5) is 5.69 Å². The van der Waals surface area contributed by atoms with Gasteiger partial charge in [0, 0.05) is 36.1 Å². The topological polar surface area (TPSA) is 90.7 Å². The lowest BCUT2D eigenvalue weighted by atomic mass is 10.1. The zero-order valence-corrected chi connectivity index (χ0v) is 18.5. The predicted molar refractivity (Wildman–Crippen MR) is 121 cm³/mol. The number of ketones is 1. The summed E-state index contributed by atoms with van der Waals surface area (Å²) in [4.78, 5) is 23.6. The van der Waals surface area contributed by atoms with E-state index in [1.165, 1.54) is 18.6 Å². The van der Waals surface area contributed by atoms with Crippen LogP contribution in [0.2, 0.25) is 0 Å². The number of amides is 1. The van der Waals surface area contributed by atoms with Crippen molar-refractivity contribution < 1.29 is 19.1 Å². The highest BCUT2D eigenvalue weighted by molar-refractivity contribution is 8.77. The molecule has 8 heteroatoms. The summed E-state index contributed by atoms with van der Waals surface area (Å²) in [5.41, 5.74) is 7.24. The second-order valence-corrected chi connectivity index (χ2v) is 9.84. The van der Waals surface area contributed by atoms with Crippen molar-refractivity contribution in [2.45, 2.75) is 43.8 Å². The molecular formula is C21H32N2O4S2. The third-order valence-electron chi connectivity index (χ3n) is 4.46. The van der Waals surface area contributed by atoms with Crippen LogP contribution in [0.15, 0.2) is 24.3 Å². The van der Waals surface area contributed by atoms with Gasteiger partial charge in [-0.15, -0.1) is 0 Å². The fourth-order valence-corrected chi connectivity index (χ4v) is 5.99. The molecule has 6 nitrogen and oxygen atoms in total. The van der Waals surface area contributed by atoms with Crippen molar-refractivity contribution in [2.75, 3.05) is 44.5 Å². The number of nitrogen functional groups attached to an aromatic ring is 1. The molecule has 0 saturated carbocycles. The van der Waals surface area contributed by atoms with Crippen LogP contribution in [-0.2, 0) is 25.5 Å². The number of benzene rings is 1. The summed E-state index contributed by atoms with van der Waals surface area (Å²) in [6.07, 6.45) is 5.50. The Hall–Kier alpha value is -1.22. The minimum Gasteiger partial charge on any atom is -0.399 e. The van der Waals surface area contributed by atoms with Gasteiger partial charge in [-0.3, -0.25) is 9.59 Å². The Balaban J connectivity index is 1.36. The first kappa shape index (κ1) is 24.1. The molecule has 1 aromatic rings. The number of anilines is 1. The Kier molecular flexibility index (Phi) is 12.2. The first-order valence-electron chi connectivity index (χ1n) is 10.2. The van der Waals surface area contributed by atoms with E-state index in [4.69, 9.17) is 15.2 Å². The lowest BCUT2D eigenvalue weighted by molar-refractivity contribution is -0.124. The number of nitrogens with one attached hydrogen (secondary N) is 1. The van der Waals surface area contributed by atoms with Gasteiger partial charge in [-0.1, -0.05) is 40.1 Å². The van der Waals surface area contributed by atoms with Gasteiger partial charge in [0.25, 0.3) is 0 Å².